The molecule has 2 heterocycles. The van der Waals surface area contributed by atoms with Crippen LogP contribution in [-0.2, 0) is 24.1 Å². The zero-order valence-electron chi connectivity index (χ0n) is 17.2. The summed E-state index contributed by atoms with van der Waals surface area (Å²) in [6, 6.07) is 22.1. The number of piperidine rings is 1. The third-order valence-electron chi connectivity index (χ3n) is 7.39. The van der Waals surface area contributed by atoms with Crippen molar-refractivity contribution in [3.05, 3.63) is 82.9 Å². The summed E-state index contributed by atoms with van der Waals surface area (Å²) in [4.78, 5) is 16.3. The van der Waals surface area contributed by atoms with Crippen LogP contribution in [-0.4, -0.2) is 36.0 Å². The van der Waals surface area contributed by atoms with E-state index in [0.29, 0.717) is 17.9 Å². The molecule has 3 heteroatoms. The maximum Gasteiger partial charge on any atom is 0.166 e. The van der Waals surface area contributed by atoms with Crippen LogP contribution in [0.25, 0.3) is 10.8 Å². The second kappa shape index (κ2) is 7.33. The molecule has 0 spiro atoms. The molecule has 2 aliphatic heterocycles. The zero-order chi connectivity index (χ0) is 20.1. The Bertz CT molecular complexity index is 1080. The highest BCUT2D eigenvalue weighted by Crippen LogP contribution is 2.38. The molecule has 2 fully saturated rings. The smallest absolute Gasteiger partial charge is 0.166 e. The number of nitrogens with zero attached hydrogens (tertiary/aromatic N) is 1. The van der Waals surface area contributed by atoms with E-state index in [-0.39, 0.29) is 5.92 Å². The molecule has 6 rings (SSSR count). The van der Waals surface area contributed by atoms with Crippen LogP contribution >= 0.6 is 0 Å². The van der Waals surface area contributed by atoms with Crippen LogP contribution in [0.1, 0.15) is 39.9 Å². The SMILES string of the molecule is O=C(c1ccc2c3c(cccc13)CC2)C1CC2COCC(C1)N2Cc1ccccc1. The minimum absolute atomic E-state index is 0.0920. The highest BCUT2D eigenvalue weighted by molar-refractivity contribution is 6.11. The quantitative estimate of drug-likeness (QED) is 0.592. The molecule has 152 valence electrons. The lowest BCUT2D eigenvalue weighted by atomic mass is 9.79. The van der Waals surface area contributed by atoms with Crippen molar-refractivity contribution in [2.75, 3.05) is 13.2 Å². The molecule has 3 aromatic rings. The number of aryl methyl sites for hydroxylation is 2. The standard InChI is InChI=1S/C27H27NO2/c29-27(25-12-11-20-10-9-19-7-4-8-24(25)26(19)20)21-13-22-16-30-17-23(14-21)28(22)15-18-5-2-1-3-6-18/h1-8,11-12,21-23H,9-10,13-17H2. The van der Waals surface area contributed by atoms with Crippen molar-refractivity contribution >= 4 is 16.6 Å². The maximum atomic E-state index is 13.7. The number of rotatable bonds is 4. The minimum atomic E-state index is 0.0920. The Morgan fingerprint density at radius 1 is 0.867 bits per heavy atom. The lowest BCUT2D eigenvalue weighted by Crippen LogP contribution is -2.57. The molecule has 0 N–H and O–H groups in total. The lowest BCUT2D eigenvalue weighted by molar-refractivity contribution is -0.0872. The first-order valence-electron chi connectivity index (χ1n) is 11.2. The first-order chi connectivity index (χ1) is 14.8. The summed E-state index contributed by atoms with van der Waals surface area (Å²) in [5.74, 6) is 0.427. The maximum absolute atomic E-state index is 13.7. The van der Waals surface area contributed by atoms with Crippen molar-refractivity contribution in [3.8, 4) is 0 Å². The zero-order valence-corrected chi connectivity index (χ0v) is 17.2. The van der Waals surface area contributed by atoms with Crippen LogP contribution in [0.4, 0.5) is 0 Å². The number of ether oxygens (including phenoxy) is 1. The van der Waals surface area contributed by atoms with E-state index in [2.05, 4.69) is 65.6 Å². The van der Waals surface area contributed by atoms with Gasteiger partial charge in [0.25, 0.3) is 0 Å². The normalized spacial score (nSPS) is 25.5. The highest BCUT2D eigenvalue weighted by atomic mass is 16.5. The van der Waals surface area contributed by atoms with E-state index in [9.17, 15) is 4.79 Å². The molecule has 0 amide bonds. The van der Waals surface area contributed by atoms with Crippen molar-refractivity contribution in [2.45, 2.75) is 44.3 Å². The van der Waals surface area contributed by atoms with Gasteiger partial charge in [-0.1, -0.05) is 60.7 Å². The van der Waals surface area contributed by atoms with Crippen molar-refractivity contribution in [2.24, 2.45) is 5.92 Å². The molecule has 3 nitrogen and oxygen atoms in total. The number of Topliss-reactive ketones (excluding diaryl/α,β-unsaturated/α-hetero) is 1. The van der Waals surface area contributed by atoms with Gasteiger partial charge >= 0.3 is 0 Å². The number of fused-ring (bicyclic) bond motifs is 2. The molecule has 30 heavy (non-hydrogen) atoms. The summed E-state index contributed by atoms with van der Waals surface area (Å²) < 4.78 is 5.90. The van der Waals surface area contributed by atoms with Gasteiger partial charge in [-0.15, -0.1) is 0 Å². The first kappa shape index (κ1) is 18.3. The Hall–Kier alpha value is -2.49. The van der Waals surface area contributed by atoms with Crippen LogP contribution in [0.3, 0.4) is 0 Å². The van der Waals surface area contributed by atoms with Gasteiger partial charge < -0.3 is 4.74 Å². The summed E-state index contributed by atoms with van der Waals surface area (Å²) in [6.07, 6.45) is 3.99. The number of morpholine rings is 1. The molecule has 2 saturated heterocycles. The first-order valence-corrected chi connectivity index (χ1v) is 11.2. The lowest BCUT2D eigenvalue weighted by Gasteiger charge is -2.48. The molecule has 3 aliphatic rings. The minimum Gasteiger partial charge on any atom is -0.378 e. The Labute approximate surface area is 177 Å². The number of hydrogen-bond donors (Lipinski definition) is 0. The van der Waals surface area contributed by atoms with Gasteiger partial charge in [-0.3, -0.25) is 9.69 Å². The van der Waals surface area contributed by atoms with E-state index >= 15 is 0 Å². The fourth-order valence-electron chi connectivity index (χ4n) is 5.94. The van der Waals surface area contributed by atoms with Gasteiger partial charge in [0.2, 0.25) is 0 Å². The fraction of sp³-hybridized carbons (Fsp3) is 0.370. The molecule has 0 saturated carbocycles. The summed E-state index contributed by atoms with van der Waals surface area (Å²) in [7, 11) is 0. The molecule has 0 aromatic heterocycles. The molecule has 2 bridgehead atoms. The van der Waals surface area contributed by atoms with Gasteiger partial charge in [0.15, 0.2) is 5.78 Å². The van der Waals surface area contributed by atoms with Crippen LogP contribution < -0.4 is 0 Å². The summed E-state index contributed by atoms with van der Waals surface area (Å²) in [5, 5.41) is 2.51. The predicted octanol–water partition coefficient (Wildman–Crippen LogP) is 4.80. The number of benzene rings is 3. The third kappa shape index (κ3) is 3.00. The van der Waals surface area contributed by atoms with Crippen molar-refractivity contribution < 1.29 is 9.53 Å². The monoisotopic (exact) mass is 397 g/mol. The van der Waals surface area contributed by atoms with Crippen LogP contribution in [0.5, 0.6) is 0 Å². The molecule has 2 atom stereocenters. The van der Waals surface area contributed by atoms with E-state index in [1.807, 2.05) is 0 Å². The molecular weight excluding hydrogens is 370 g/mol. The second-order valence-electron chi connectivity index (χ2n) is 9.15. The predicted molar refractivity (Wildman–Crippen MR) is 119 cm³/mol. The fourth-order valence-corrected chi connectivity index (χ4v) is 5.94. The summed E-state index contributed by atoms with van der Waals surface area (Å²) >= 11 is 0. The molecule has 1 aliphatic carbocycles. The van der Waals surface area contributed by atoms with Gasteiger partial charge in [0, 0.05) is 30.1 Å². The molecule has 0 radical (unpaired) electrons. The number of carbonyl (C=O) groups is 1. The average molecular weight is 398 g/mol. The molecular formula is C27H27NO2. The van der Waals surface area contributed by atoms with Crippen molar-refractivity contribution in [1.29, 1.82) is 0 Å². The van der Waals surface area contributed by atoms with Gasteiger partial charge in [-0.05, 0) is 53.1 Å². The van der Waals surface area contributed by atoms with E-state index < -0.39 is 0 Å². The van der Waals surface area contributed by atoms with Crippen molar-refractivity contribution in [3.63, 3.8) is 0 Å². The largest absolute Gasteiger partial charge is 0.378 e. The Kier molecular flexibility index (Phi) is 4.47. The van der Waals surface area contributed by atoms with Crippen LogP contribution in [0.2, 0.25) is 0 Å². The third-order valence-corrected chi connectivity index (χ3v) is 7.39. The van der Waals surface area contributed by atoms with Gasteiger partial charge in [-0.25, -0.2) is 0 Å². The number of ketones is 1. The number of carbonyl (C=O) groups excluding carboxylic acids is 1. The van der Waals surface area contributed by atoms with Gasteiger partial charge in [0.1, 0.15) is 0 Å². The van der Waals surface area contributed by atoms with Gasteiger partial charge in [0.05, 0.1) is 13.2 Å². The second-order valence-corrected chi connectivity index (χ2v) is 9.15. The van der Waals surface area contributed by atoms with Crippen LogP contribution in [0, 0.1) is 5.92 Å². The average Bonchev–Trinajstić information content (AvgIpc) is 3.19. The summed E-state index contributed by atoms with van der Waals surface area (Å²) in [6.45, 7) is 2.41. The van der Waals surface area contributed by atoms with E-state index in [1.54, 1.807) is 0 Å². The van der Waals surface area contributed by atoms with Crippen molar-refractivity contribution in [1.82, 2.24) is 4.90 Å². The Balaban J connectivity index is 1.28. The van der Waals surface area contributed by atoms with E-state index in [0.717, 1.165) is 51.0 Å². The highest BCUT2D eigenvalue weighted by Gasteiger charge is 2.41. The Morgan fingerprint density at radius 3 is 2.37 bits per heavy atom. The van der Waals surface area contributed by atoms with Gasteiger partial charge in [-0.2, -0.15) is 0 Å². The van der Waals surface area contributed by atoms with E-state index in [4.69, 9.17) is 4.74 Å². The number of hydrogen-bond acceptors (Lipinski definition) is 3. The Morgan fingerprint density at radius 2 is 1.60 bits per heavy atom. The molecule has 2 unspecified atom stereocenters. The molecule has 3 aromatic carbocycles. The van der Waals surface area contributed by atoms with E-state index in [1.165, 1.54) is 27.5 Å². The summed E-state index contributed by atoms with van der Waals surface area (Å²) in [5.41, 5.74) is 5.07. The topological polar surface area (TPSA) is 29.5 Å². The van der Waals surface area contributed by atoms with Crippen LogP contribution in [0.15, 0.2) is 60.7 Å².